The molecular formula is C52H58N4O. The van der Waals surface area contributed by atoms with Gasteiger partial charge in [-0.1, -0.05) is 105 Å². The SMILES string of the molecule is CCCCc1ccc2c(c1CCCC)c1ccc(Oc3cccc(N4CN(c5ccc(C(C)(C)C)cc5)c5ccccc54)c3)cc1n2-c1cc(C(C)(C)C)ccn1. The van der Waals surface area contributed by atoms with Gasteiger partial charge in [0.15, 0.2) is 0 Å². The highest BCUT2D eigenvalue weighted by Crippen LogP contribution is 2.45. The third-order valence-corrected chi connectivity index (χ3v) is 11.7. The average molecular weight is 755 g/mol. The molecule has 0 atom stereocenters. The van der Waals surface area contributed by atoms with E-state index in [-0.39, 0.29) is 10.8 Å². The first-order chi connectivity index (χ1) is 27.4. The summed E-state index contributed by atoms with van der Waals surface area (Å²) in [7, 11) is 0. The number of fused-ring (bicyclic) bond motifs is 4. The highest BCUT2D eigenvalue weighted by Gasteiger charge is 2.28. The van der Waals surface area contributed by atoms with Crippen LogP contribution < -0.4 is 14.5 Å². The van der Waals surface area contributed by atoms with Crippen LogP contribution in [0.25, 0.3) is 27.6 Å². The second-order valence-electron chi connectivity index (χ2n) is 17.9. The van der Waals surface area contributed by atoms with Gasteiger partial charge in [-0.05, 0) is 125 Å². The number of aromatic nitrogens is 2. The van der Waals surface area contributed by atoms with Crippen LogP contribution in [-0.2, 0) is 23.7 Å². The van der Waals surface area contributed by atoms with Crippen LogP contribution in [0, 0.1) is 0 Å². The second-order valence-corrected chi connectivity index (χ2v) is 17.9. The molecule has 0 amide bonds. The summed E-state index contributed by atoms with van der Waals surface area (Å²) < 4.78 is 9.16. The summed E-state index contributed by atoms with van der Waals surface area (Å²) in [5.41, 5.74) is 12.7. The zero-order valence-electron chi connectivity index (χ0n) is 35.2. The molecule has 5 nitrogen and oxygen atoms in total. The highest BCUT2D eigenvalue weighted by atomic mass is 16.5. The quantitative estimate of drug-likeness (QED) is 0.132. The Morgan fingerprint density at radius 1 is 0.596 bits per heavy atom. The third kappa shape index (κ3) is 7.53. The first kappa shape index (κ1) is 38.3. The predicted octanol–water partition coefficient (Wildman–Crippen LogP) is 14.5. The number of ether oxygens (including phenoxy) is 1. The lowest BCUT2D eigenvalue weighted by Gasteiger charge is -2.24. The summed E-state index contributed by atoms with van der Waals surface area (Å²) >= 11 is 0. The molecule has 1 aliphatic rings. The molecule has 5 aromatic carbocycles. The molecule has 3 heterocycles. The minimum Gasteiger partial charge on any atom is -0.457 e. The number of unbranched alkanes of at least 4 members (excludes halogenated alkanes) is 2. The van der Waals surface area contributed by atoms with Crippen molar-refractivity contribution < 1.29 is 4.74 Å². The Kier molecular flexibility index (Phi) is 10.4. The molecule has 0 saturated carbocycles. The van der Waals surface area contributed by atoms with E-state index in [9.17, 15) is 0 Å². The van der Waals surface area contributed by atoms with E-state index in [1.165, 1.54) is 81.3 Å². The highest BCUT2D eigenvalue weighted by molar-refractivity contribution is 6.11. The number of benzene rings is 5. The van der Waals surface area contributed by atoms with Gasteiger partial charge in [0.05, 0.1) is 22.4 Å². The largest absolute Gasteiger partial charge is 0.457 e. The Morgan fingerprint density at radius 3 is 1.98 bits per heavy atom. The van der Waals surface area contributed by atoms with Crippen LogP contribution in [0.5, 0.6) is 11.5 Å². The zero-order chi connectivity index (χ0) is 39.9. The fourth-order valence-corrected chi connectivity index (χ4v) is 8.41. The molecule has 0 spiro atoms. The van der Waals surface area contributed by atoms with E-state index in [2.05, 4.69) is 185 Å². The Balaban J connectivity index is 1.18. The van der Waals surface area contributed by atoms with Gasteiger partial charge in [-0.3, -0.25) is 4.57 Å². The van der Waals surface area contributed by atoms with Crippen molar-refractivity contribution in [1.29, 1.82) is 0 Å². The molecule has 8 rings (SSSR count). The summed E-state index contributed by atoms with van der Waals surface area (Å²) in [5, 5.41) is 2.61. The maximum absolute atomic E-state index is 6.79. The van der Waals surface area contributed by atoms with Crippen LogP contribution in [0.2, 0.25) is 0 Å². The Labute approximate surface area is 339 Å². The maximum Gasteiger partial charge on any atom is 0.137 e. The number of anilines is 4. The molecule has 0 bridgehead atoms. The van der Waals surface area contributed by atoms with Gasteiger partial charge in [0, 0.05) is 40.5 Å². The van der Waals surface area contributed by atoms with Crippen molar-refractivity contribution in [2.45, 2.75) is 105 Å². The molecule has 292 valence electrons. The van der Waals surface area contributed by atoms with E-state index in [1.54, 1.807) is 0 Å². The molecule has 0 unspecified atom stereocenters. The molecule has 0 fully saturated rings. The molecule has 0 aliphatic carbocycles. The van der Waals surface area contributed by atoms with Crippen LogP contribution in [0.4, 0.5) is 22.7 Å². The number of rotatable bonds is 11. The zero-order valence-corrected chi connectivity index (χ0v) is 35.2. The maximum atomic E-state index is 6.79. The Bertz CT molecular complexity index is 2530. The standard InChI is InChI=1S/C52H58N4O/c1-9-11-16-36-22-29-47-50(43(36)19-12-10-2)44-28-27-42(34-48(44)56(47)49-32-38(30-31-53-49)52(6,7)8)57-41-18-15-17-40(33-41)55-35-54(45-20-13-14-21-46(45)55)39-25-23-37(24-26-39)51(3,4)5/h13-15,17-18,20-34H,9-12,16,19,35H2,1-8H3. The number of nitrogens with zero attached hydrogens (tertiary/aromatic N) is 4. The molecule has 5 heteroatoms. The monoisotopic (exact) mass is 754 g/mol. The van der Waals surface area contributed by atoms with Gasteiger partial charge in [0.2, 0.25) is 0 Å². The van der Waals surface area contributed by atoms with Crippen molar-refractivity contribution in [1.82, 2.24) is 9.55 Å². The minimum atomic E-state index is -0.000877. The van der Waals surface area contributed by atoms with Crippen molar-refractivity contribution in [3.8, 4) is 17.3 Å². The topological polar surface area (TPSA) is 33.5 Å². The molecule has 2 aromatic heterocycles. The number of aryl methyl sites for hydroxylation is 2. The van der Waals surface area contributed by atoms with Crippen molar-refractivity contribution in [3.05, 3.63) is 144 Å². The molecule has 57 heavy (non-hydrogen) atoms. The fraction of sp³-hybridized carbons (Fsp3) is 0.327. The first-order valence-electron chi connectivity index (χ1n) is 21.0. The van der Waals surface area contributed by atoms with Crippen LogP contribution in [0.1, 0.15) is 103 Å². The van der Waals surface area contributed by atoms with Crippen LogP contribution >= 0.6 is 0 Å². The lowest BCUT2D eigenvalue weighted by molar-refractivity contribution is 0.483. The van der Waals surface area contributed by atoms with E-state index in [0.717, 1.165) is 41.4 Å². The Morgan fingerprint density at radius 2 is 1.28 bits per heavy atom. The molecule has 7 aromatic rings. The predicted molar refractivity (Wildman–Crippen MR) is 242 cm³/mol. The van der Waals surface area contributed by atoms with Gasteiger partial charge in [0.1, 0.15) is 24.0 Å². The van der Waals surface area contributed by atoms with Crippen molar-refractivity contribution >= 4 is 44.6 Å². The Hall–Kier alpha value is -5.55. The number of pyridine rings is 1. The summed E-state index contributed by atoms with van der Waals surface area (Å²) in [4.78, 5) is 9.78. The van der Waals surface area contributed by atoms with E-state index in [4.69, 9.17) is 9.72 Å². The van der Waals surface area contributed by atoms with Gasteiger partial charge in [-0.2, -0.15) is 0 Å². The molecular weight excluding hydrogens is 697 g/mol. The lowest BCUT2D eigenvalue weighted by atomic mass is 9.87. The van der Waals surface area contributed by atoms with Gasteiger partial charge in [0.25, 0.3) is 0 Å². The number of hydrogen-bond acceptors (Lipinski definition) is 4. The van der Waals surface area contributed by atoms with Gasteiger partial charge < -0.3 is 14.5 Å². The number of hydrogen-bond donors (Lipinski definition) is 0. The summed E-state index contributed by atoms with van der Waals surface area (Å²) in [6.07, 6.45) is 8.87. The molecule has 1 aliphatic heterocycles. The third-order valence-electron chi connectivity index (χ3n) is 11.7. The van der Waals surface area contributed by atoms with Crippen LogP contribution in [0.15, 0.2) is 121 Å². The minimum absolute atomic E-state index is 0.000877. The van der Waals surface area contributed by atoms with E-state index >= 15 is 0 Å². The van der Waals surface area contributed by atoms with Crippen LogP contribution in [0.3, 0.4) is 0 Å². The normalized spacial score (nSPS) is 13.2. The van der Waals surface area contributed by atoms with Crippen molar-refractivity contribution in [3.63, 3.8) is 0 Å². The summed E-state index contributed by atoms with van der Waals surface area (Å²) in [6.45, 7) is 18.9. The summed E-state index contributed by atoms with van der Waals surface area (Å²) in [6, 6.07) is 42.0. The first-order valence-corrected chi connectivity index (χ1v) is 21.0. The van der Waals surface area contributed by atoms with Crippen LogP contribution in [-0.4, -0.2) is 16.2 Å². The van der Waals surface area contributed by atoms with E-state index in [0.29, 0.717) is 6.67 Å². The van der Waals surface area contributed by atoms with E-state index in [1.807, 2.05) is 6.20 Å². The number of para-hydroxylation sites is 2. The fourth-order valence-electron chi connectivity index (χ4n) is 8.41. The average Bonchev–Trinajstić information content (AvgIpc) is 3.75. The molecule has 0 radical (unpaired) electrons. The lowest BCUT2D eigenvalue weighted by Crippen LogP contribution is -2.24. The molecule has 0 saturated heterocycles. The van der Waals surface area contributed by atoms with Crippen molar-refractivity contribution in [2.24, 2.45) is 0 Å². The molecule has 0 N–H and O–H groups in total. The second kappa shape index (κ2) is 15.4. The van der Waals surface area contributed by atoms with Gasteiger partial charge >= 0.3 is 0 Å². The van der Waals surface area contributed by atoms with Gasteiger partial charge in [-0.25, -0.2) is 4.98 Å². The van der Waals surface area contributed by atoms with Gasteiger partial charge in [-0.15, -0.1) is 0 Å². The summed E-state index contributed by atoms with van der Waals surface area (Å²) in [5.74, 6) is 2.55. The van der Waals surface area contributed by atoms with Crippen molar-refractivity contribution in [2.75, 3.05) is 16.5 Å². The van der Waals surface area contributed by atoms with E-state index < -0.39 is 0 Å². The smallest absolute Gasteiger partial charge is 0.137 e.